The molecule has 148 valence electrons. The number of hydrogen-bond donors (Lipinski definition) is 1. The number of ether oxygens (including phenoxy) is 1. The summed E-state index contributed by atoms with van der Waals surface area (Å²) in [6.07, 6.45) is 2.04. The van der Waals surface area contributed by atoms with Gasteiger partial charge in [0.15, 0.2) is 11.6 Å². The second kappa shape index (κ2) is 6.84. The number of hydrazone groups is 1. The van der Waals surface area contributed by atoms with Gasteiger partial charge in [-0.15, -0.1) is 0 Å². The number of urea groups is 1. The second-order valence-corrected chi connectivity index (χ2v) is 7.07. The van der Waals surface area contributed by atoms with Gasteiger partial charge in [0.2, 0.25) is 5.95 Å². The van der Waals surface area contributed by atoms with Crippen molar-refractivity contribution in [3.63, 3.8) is 0 Å². The molecule has 29 heavy (non-hydrogen) atoms. The molecular formula is C20H17F2N5O2. The van der Waals surface area contributed by atoms with E-state index >= 15 is 0 Å². The van der Waals surface area contributed by atoms with Crippen LogP contribution in [0.5, 0.6) is 5.75 Å². The summed E-state index contributed by atoms with van der Waals surface area (Å²) in [5.74, 6) is -1.37. The summed E-state index contributed by atoms with van der Waals surface area (Å²) in [6.45, 7) is 0.636. The molecule has 1 aromatic heterocycles. The van der Waals surface area contributed by atoms with Crippen LogP contribution in [0.4, 0.5) is 13.6 Å². The number of hydrogen-bond acceptors (Lipinski definition) is 4. The molecule has 1 N–H and O–H groups in total. The Morgan fingerprint density at radius 1 is 1.17 bits per heavy atom. The van der Waals surface area contributed by atoms with E-state index in [1.54, 1.807) is 11.1 Å². The third kappa shape index (κ3) is 3.08. The molecule has 2 aliphatic rings. The van der Waals surface area contributed by atoms with Gasteiger partial charge < -0.3 is 9.64 Å². The molecule has 0 bridgehead atoms. The van der Waals surface area contributed by atoms with Gasteiger partial charge in [0.05, 0.1) is 30.0 Å². The molecule has 0 radical (unpaired) electrons. The first-order valence-corrected chi connectivity index (χ1v) is 9.25. The van der Waals surface area contributed by atoms with E-state index in [4.69, 9.17) is 4.74 Å². The fraction of sp³-hybridized carbons (Fsp3) is 0.250. The van der Waals surface area contributed by atoms with Crippen molar-refractivity contribution in [1.82, 2.24) is 20.1 Å². The van der Waals surface area contributed by atoms with Crippen molar-refractivity contribution in [3.05, 3.63) is 59.8 Å². The Balaban J connectivity index is 1.23. The van der Waals surface area contributed by atoms with Crippen LogP contribution in [0.2, 0.25) is 0 Å². The first-order valence-electron chi connectivity index (χ1n) is 9.25. The number of rotatable bonds is 3. The van der Waals surface area contributed by atoms with Crippen LogP contribution in [0.25, 0.3) is 10.9 Å². The van der Waals surface area contributed by atoms with Gasteiger partial charge >= 0.3 is 6.03 Å². The van der Waals surface area contributed by atoms with Crippen molar-refractivity contribution in [3.8, 4) is 5.75 Å². The van der Waals surface area contributed by atoms with Gasteiger partial charge in [-0.3, -0.25) is 5.10 Å². The SMILES string of the molecule is O=C(N1CC(Oc2cc3n[nH]c(F)c3cc2F)C1)N1N=CCC1c1ccccc1. The Morgan fingerprint density at radius 3 is 2.76 bits per heavy atom. The van der Waals surface area contributed by atoms with Crippen LogP contribution < -0.4 is 4.74 Å². The molecule has 5 rings (SSSR count). The van der Waals surface area contributed by atoms with Crippen molar-refractivity contribution >= 4 is 23.1 Å². The third-order valence-electron chi connectivity index (χ3n) is 5.18. The Kier molecular flexibility index (Phi) is 4.15. The summed E-state index contributed by atoms with van der Waals surface area (Å²) in [4.78, 5) is 14.4. The fourth-order valence-electron chi connectivity index (χ4n) is 3.61. The van der Waals surface area contributed by atoms with Crippen molar-refractivity contribution in [2.45, 2.75) is 18.6 Å². The van der Waals surface area contributed by atoms with E-state index in [9.17, 15) is 13.6 Å². The fourth-order valence-corrected chi connectivity index (χ4v) is 3.61. The highest BCUT2D eigenvalue weighted by Crippen LogP contribution is 2.31. The predicted octanol–water partition coefficient (Wildman–Crippen LogP) is 3.46. The van der Waals surface area contributed by atoms with Gasteiger partial charge in [-0.05, 0) is 11.6 Å². The highest BCUT2D eigenvalue weighted by atomic mass is 19.1. The molecule has 1 atom stereocenters. The molecule has 9 heteroatoms. The first-order chi connectivity index (χ1) is 14.1. The smallest absolute Gasteiger partial charge is 0.341 e. The maximum atomic E-state index is 14.2. The maximum absolute atomic E-state index is 14.2. The van der Waals surface area contributed by atoms with Crippen LogP contribution in [0.15, 0.2) is 47.6 Å². The van der Waals surface area contributed by atoms with E-state index < -0.39 is 11.8 Å². The van der Waals surface area contributed by atoms with E-state index in [0.29, 0.717) is 19.5 Å². The number of halogens is 2. The molecule has 0 spiro atoms. The van der Waals surface area contributed by atoms with Gasteiger partial charge in [0, 0.05) is 18.7 Å². The highest BCUT2D eigenvalue weighted by molar-refractivity contribution is 5.80. The highest BCUT2D eigenvalue weighted by Gasteiger charge is 2.39. The average Bonchev–Trinajstić information content (AvgIpc) is 3.32. The van der Waals surface area contributed by atoms with Crippen LogP contribution in [-0.2, 0) is 0 Å². The largest absolute Gasteiger partial charge is 0.484 e. The van der Waals surface area contributed by atoms with Gasteiger partial charge in [0.1, 0.15) is 6.10 Å². The van der Waals surface area contributed by atoms with E-state index in [-0.39, 0.29) is 34.8 Å². The van der Waals surface area contributed by atoms with Crippen molar-refractivity contribution in [2.24, 2.45) is 5.10 Å². The zero-order valence-corrected chi connectivity index (χ0v) is 15.3. The lowest BCUT2D eigenvalue weighted by Crippen LogP contribution is -2.58. The van der Waals surface area contributed by atoms with Crippen LogP contribution in [0.1, 0.15) is 18.0 Å². The molecule has 1 saturated heterocycles. The Morgan fingerprint density at radius 2 is 1.97 bits per heavy atom. The predicted molar refractivity (Wildman–Crippen MR) is 102 cm³/mol. The number of nitrogens with one attached hydrogen (secondary N) is 1. The molecule has 1 unspecified atom stereocenters. The Bertz CT molecular complexity index is 1090. The minimum Gasteiger partial charge on any atom is -0.484 e. The number of nitrogens with zero attached hydrogens (tertiary/aromatic N) is 4. The molecule has 0 aliphatic carbocycles. The Labute approximate surface area is 164 Å². The normalized spacial score (nSPS) is 19.0. The summed E-state index contributed by atoms with van der Waals surface area (Å²) < 4.78 is 33.3. The number of carbonyl (C=O) groups is 1. The monoisotopic (exact) mass is 397 g/mol. The first kappa shape index (κ1) is 17.6. The van der Waals surface area contributed by atoms with E-state index in [1.165, 1.54) is 11.1 Å². The standard InChI is InChI=1S/C20H17F2N5O2/c21-15-8-14-16(24-25-19(14)22)9-18(15)29-13-10-26(11-13)20(28)27-17(6-7-23-27)12-4-2-1-3-5-12/h1-5,7-9,13,17H,6,10-11H2,(H,24,25). The van der Waals surface area contributed by atoms with Gasteiger partial charge in [-0.2, -0.15) is 14.6 Å². The summed E-state index contributed by atoms with van der Waals surface area (Å²) in [5.41, 5.74) is 1.30. The number of aromatic amines is 1. The molecule has 2 amide bonds. The average molecular weight is 397 g/mol. The van der Waals surface area contributed by atoms with Crippen molar-refractivity contribution in [2.75, 3.05) is 13.1 Å². The summed E-state index contributed by atoms with van der Waals surface area (Å²) in [6, 6.07) is 11.8. The van der Waals surface area contributed by atoms with Crippen molar-refractivity contribution in [1.29, 1.82) is 0 Å². The molecule has 1 fully saturated rings. The molecule has 2 aliphatic heterocycles. The van der Waals surface area contributed by atoms with Crippen LogP contribution in [-0.4, -0.2) is 51.5 Å². The lowest BCUT2D eigenvalue weighted by Gasteiger charge is -2.41. The van der Waals surface area contributed by atoms with Gasteiger partial charge in [-0.1, -0.05) is 30.3 Å². The van der Waals surface area contributed by atoms with Crippen LogP contribution in [0, 0.1) is 11.8 Å². The van der Waals surface area contributed by atoms with Gasteiger partial charge in [-0.25, -0.2) is 14.2 Å². The Hall–Kier alpha value is -3.49. The molecule has 3 heterocycles. The number of amides is 2. The quantitative estimate of drug-likeness (QED) is 0.736. The lowest BCUT2D eigenvalue weighted by atomic mass is 10.0. The van der Waals surface area contributed by atoms with Crippen LogP contribution in [0.3, 0.4) is 0 Å². The molecule has 7 nitrogen and oxygen atoms in total. The maximum Gasteiger partial charge on any atom is 0.341 e. The number of H-pyrrole nitrogens is 1. The van der Waals surface area contributed by atoms with E-state index in [2.05, 4.69) is 15.3 Å². The number of carbonyl (C=O) groups excluding carboxylic acids is 1. The topological polar surface area (TPSA) is 73.8 Å². The number of likely N-dealkylation sites (tertiary alicyclic amines) is 1. The zero-order valence-electron chi connectivity index (χ0n) is 15.3. The molecule has 3 aromatic rings. The van der Waals surface area contributed by atoms with E-state index in [0.717, 1.165) is 11.6 Å². The second-order valence-electron chi connectivity index (χ2n) is 7.07. The van der Waals surface area contributed by atoms with Crippen molar-refractivity contribution < 1.29 is 18.3 Å². The number of fused-ring (bicyclic) bond motifs is 1. The van der Waals surface area contributed by atoms with Gasteiger partial charge in [0.25, 0.3) is 0 Å². The minimum atomic E-state index is -0.690. The summed E-state index contributed by atoms with van der Waals surface area (Å²) in [5, 5.41) is 11.7. The molecule has 2 aromatic carbocycles. The zero-order chi connectivity index (χ0) is 20.0. The number of benzene rings is 2. The molecule has 0 saturated carbocycles. The van der Waals surface area contributed by atoms with Crippen LogP contribution >= 0.6 is 0 Å². The summed E-state index contributed by atoms with van der Waals surface area (Å²) >= 11 is 0. The number of aromatic nitrogens is 2. The lowest BCUT2D eigenvalue weighted by molar-refractivity contribution is 0.0258. The van der Waals surface area contributed by atoms with E-state index in [1.807, 2.05) is 30.3 Å². The summed E-state index contributed by atoms with van der Waals surface area (Å²) in [7, 11) is 0. The minimum absolute atomic E-state index is 0.0116. The molecular weight excluding hydrogens is 380 g/mol. The third-order valence-corrected chi connectivity index (χ3v) is 5.18.